The van der Waals surface area contributed by atoms with E-state index in [2.05, 4.69) is 0 Å². The fourth-order valence-electron chi connectivity index (χ4n) is 2.08. The van der Waals surface area contributed by atoms with Crippen molar-refractivity contribution in [1.29, 1.82) is 0 Å². The largest absolute Gasteiger partial charge is 0.318 e. The zero-order valence-corrected chi connectivity index (χ0v) is 8.68. The van der Waals surface area contributed by atoms with Gasteiger partial charge < -0.3 is 5.73 Å². The molecule has 0 aliphatic heterocycles. The van der Waals surface area contributed by atoms with Gasteiger partial charge >= 0.3 is 0 Å². The number of fused-ring (bicyclic) bond motifs is 2. The van der Waals surface area contributed by atoms with E-state index in [9.17, 15) is 4.79 Å². The lowest BCUT2D eigenvalue weighted by molar-refractivity contribution is 0.0976. The van der Waals surface area contributed by atoms with Gasteiger partial charge in [-0.25, -0.2) is 0 Å². The Bertz CT molecular complexity index is 613. The summed E-state index contributed by atoms with van der Waals surface area (Å²) in [4.78, 5) is 11.9. The number of benzene rings is 2. The molecule has 0 bridgehead atoms. The van der Waals surface area contributed by atoms with Gasteiger partial charge in [0.1, 0.15) is 0 Å². The maximum absolute atomic E-state index is 11.9. The number of hydrogen-bond donors (Lipinski definition) is 1. The fraction of sp³-hybridized carbons (Fsp3) is 0.0714. The second kappa shape index (κ2) is 3.29. The molecular weight excluding hydrogens is 198 g/mol. The standard InChI is InChI=1S/C14H11NO/c15-13-6-5-11-7-9-3-1-2-4-10(9)8-12(11)14(13)16/h1-8,13H,15H2. The van der Waals surface area contributed by atoms with Crippen LogP contribution in [0.25, 0.3) is 16.8 Å². The zero-order valence-electron chi connectivity index (χ0n) is 8.68. The summed E-state index contributed by atoms with van der Waals surface area (Å²) in [6, 6.07) is 11.5. The number of carbonyl (C=O) groups is 1. The van der Waals surface area contributed by atoms with Gasteiger partial charge in [0.25, 0.3) is 0 Å². The molecule has 3 rings (SSSR count). The van der Waals surface area contributed by atoms with Crippen LogP contribution in [0.1, 0.15) is 15.9 Å². The van der Waals surface area contributed by atoms with Crippen LogP contribution >= 0.6 is 0 Å². The van der Waals surface area contributed by atoms with Gasteiger partial charge in [0.2, 0.25) is 0 Å². The van der Waals surface area contributed by atoms with E-state index in [0.29, 0.717) is 0 Å². The summed E-state index contributed by atoms with van der Waals surface area (Å²) in [7, 11) is 0. The molecular formula is C14H11NO. The number of carbonyl (C=O) groups excluding carboxylic acids is 1. The number of ketones is 1. The van der Waals surface area contributed by atoms with Crippen molar-refractivity contribution in [2.75, 3.05) is 0 Å². The van der Waals surface area contributed by atoms with Crippen molar-refractivity contribution >= 4 is 22.6 Å². The first-order valence-electron chi connectivity index (χ1n) is 5.26. The number of Topliss-reactive ketones (excluding diaryl/α,β-unsaturated/α-hetero) is 1. The Labute approximate surface area is 93.4 Å². The molecule has 1 unspecified atom stereocenters. The van der Waals surface area contributed by atoms with Crippen molar-refractivity contribution in [2.45, 2.75) is 6.04 Å². The van der Waals surface area contributed by atoms with Crippen molar-refractivity contribution < 1.29 is 4.79 Å². The molecule has 2 aromatic carbocycles. The van der Waals surface area contributed by atoms with Crippen LogP contribution in [0.5, 0.6) is 0 Å². The Hall–Kier alpha value is -1.93. The third-order valence-corrected chi connectivity index (χ3v) is 2.97. The van der Waals surface area contributed by atoms with E-state index in [-0.39, 0.29) is 5.78 Å². The third kappa shape index (κ3) is 1.27. The zero-order chi connectivity index (χ0) is 11.1. The normalized spacial score (nSPS) is 18.8. The molecule has 0 fully saturated rings. The van der Waals surface area contributed by atoms with Crippen LogP contribution in [-0.4, -0.2) is 11.8 Å². The van der Waals surface area contributed by atoms with Crippen molar-refractivity contribution in [3.8, 4) is 0 Å². The van der Waals surface area contributed by atoms with E-state index >= 15 is 0 Å². The molecule has 2 N–H and O–H groups in total. The molecule has 78 valence electrons. The minimum atomic E-state index is -0.492. The van der Waals surface area contributed by atoms with Gasteiger partial charge in [-0.1, -0.05) is 36.4 Å². The Kier molecular flexibility index (Phi) is 1.91. The van der Waals surface area contributed by atoms with Crippen LogP contribution in [0, 0.1) is 0 Å². The molecule has 2 aromatic rings. The van der Waals surface area contributed by atoms with E-state index in [0.717, 1.165) is 21.9 Å². The Morgan fingerprint density at radius 2 is 1.75 bits per heavy atom. The molecule has 2 nitrogen and oxygen atoms in total. The van der Waals surface area contributed by atoms with E-state index in [1.54, 1.807) is 6.08 Å². The summed E-state index contributed by atoms with van der Waals surface area (Å²) in [6.45, 7) is 0. The van der Waals surface area contributed by atoms with Gasteiger partial charge in [-0.3, -0.25) is 4.79 Å². The molecule has 0 heterocycles. The predicted molar refractivity (Wildman–Crippen MR) is 65.3 cm³/mol. The quantitative estimate of drug-likeness (QED) is 0.723. The Balaban J connectivity index is 2.33. The summed E-state index contributed by atoms with van der Waals surface area (Å²) in [6.07, 6.45) is 3.67. The smallest absolute Gasteiger partial charge is 0.184 e. The molecule has 1 aliphatic carbocycles. The molecule has 16 heavy (non-hydrogen) atoms. The second-order valence-electron chi connectivity index (χ2n) is 4.04. The van der Waals surface area contributed by atoms with E-state index in [4.69, 9.17) is 5.73 Å². The molecule has 0 spiro atoms. The van der Waals surface area contributed by atoms with Crippen LogP contribution in [-0.2, 0) is 0 Å². The lowest BCUT2D eigenvalue weighted by atomic mass is 9.91. The monoisotopic (exact) mass is 209 g/mol. The van der Waals surface area contributed by atoms with Gasteiger partial charge in [0.15, 0.2) is 5.78 Å². The number of hydrogen-bond acceptors (Lipinski definition) is 2. The highest BCUT2D eigenvalue weighted by molar-refractivity contribution is 6.09. The molecule has 1 aliphatic rings. The fourth-order valence-corrected chi connectivity index (χ4v) is 2.08. The maximum atomic E-state index is 11.9. The van der Waals surface area contributed by atoms with Crippen LogP contribution in [0.2, 0.25) is 0 Å². The van der Waals surface area contributed by atoms with Gasteiger partial charge in [0.05, 0.1) is 6.04 Å². The lowest BCUT2D eigenvalue weighted by Gasteiger charge is -2.15. The van der Waals surface area contributed by atoms with E-state index in [1.807, 2.05) is 42.5 Å². The second-order valence-corrected chi connectivity index (χ2v) is 4.04. The highest BCUT2D eigenvalue weighted by Crippen LogP contribution is 2.25. The molecule has 1 atom stereocenters. The van der Waals surface area contributed by atoms with Gasteiger partial charge in [-0.15, -0.1) is 0 Å². The Morgan fingerprint density at radius 1 is 1.06 bits per heavy atom. The summed E-state index contributed by atoms with van der Waals surface area (Å²) in [5, 5.41) is 2.23. The van der Waals surface area contributed by atoms with Crippen molar-refractivity contribution in [3.05, 3.63) is 53.6 Å². The summed E-state index contributed by atoms with van der Waals surface area (Å²) < 4.78 is 0. The summed E-state index contributed by atoms with van der Waals surface area (Å²) >= 11 is 0. The summed E-state index contributed by atoms with van der Waals surface area (Å²) in [5.74, 6) is 0.00301. The van der Waals surface area contributed by atoms with Crippen molar-refractivity contribution in [3.63, 3.8) is 0 Å². The molecule has 2 heteroatoms. The lowest BCUT2D eigenvalue weighted by Crippen LogP contribution is -2.30. The van der Waals surface area contributed by atoms with Crippen LogP contribution < -0.4 is 5.73 Å². The van der Waals surface area contributed by atoms with Gasteiger partial charge in [-0.2, -0.15) is 0 Å². The molecule has 0 radical (unpaired) electrons. The maximum Gasteiger partial charge on any atom is 0.184 e. The minimum Gasteiger partial charge on any atom is -0.318 e. The van der Waals surface area contributed by atoms with Crippen molar-refractivity contribution in [2.24, 2.45) is 5.73 Å². The van der Waals surface area contributed by atoms with E-state index in [1.165, 1.54) is 0 Å². The van der Waals surface area contributed by atoms with Crippen LogP contribution in [0.4, 0.5) is 0 Å². The topological polar surface area (TPSA) is 43.1 Å². The number of rotatable bonds is 0. The highest BCUT2D eigenvalue weighted by Gasteiger charge is 2.20. The average molecular weight is 209 g/mol. The Morgan fingerprint density at radius 3 is 2.50 bits per heavy atom. The minimum absolute atomic E-state index is 0.00301. The van der Waals surface area contributed by atoms with Crippen LogP contribution in [0.3, 0.4) is 0 Å². The first-order valence-corrected chi connectivity index (χ1v) is 5.26. The predicted octanol–water partition coefficient (Wildman–Crippen LogP) is 2.38. The molecule has 0 aromatic heterocycles. The average Bonchev–Trinajstić information content (AvgIpc) is 2.32. The molecule has 0 saturated heterocycles. The molecule has 0 amide bonds. The third-order valence-electron chi connectivity index (χ3n) is 2.97. The van der Waals surface area contributed by atoms with E-state index < -0.39 is 6.04 Å². The first-order chi connectivity index (χ1) is 7.75. The molecule has 0 saturated carbocycles. The SMILES string of the molecule is NC1C=Cc2cc3ccccc3cc2C1=O. The van der Waals surface area contributed by atoms with Gasteiger partial charge in [0, 0.05) is 5.56 Å². The highest BCUT2D eigenvalue weighted by atomic mass is 16.1. The number of nitrogens with two attached hydrogens (primary N) is 1. The summed E-state index contributed by atoms with van der Waals surface area (Å²) in [5.41, 5.74) is 7.39. The van der Waals surface area contributed by atoms with Crippen LogP contribution in [0.15, 0.2) is 42.5 Å². The first kappa shape index (κ1) is 9.31. The van der Waals surface area contributed by atoms with Crippen molar-refractivity contribution in [1.82, 2.24) is 0 Å². The van der Waals surface area contributed by atoms with Gasteiger partial charge in [-0.05, 0) is 28.5 Å².